The molecule has 2 aliphatic rings. The molecule has 17 heavy (non-hydrogen) atoms. The normalized spacial score (nSPS) is 24.2. The molecule has 0 aromatic heterocycles. The molecule has 2 N–H and O–H groups in total. The Morgan fingerprint density at radius 2 is 1.18 bits per heavy atom. The predicted molar refractivity (Wildman–Crippen MR) is 66.9 cm³/mol. The largest absolute Gasteiger partial charge is 0.651 e. The van der Waals surface area contributed by atoms with Crippen molar-refractivity contribution in [3.63, 3.8) is 0 Å². The first-order chi connectivity index (χ1) is 8.27. The lowest BCUT2D eigenvalue weighted by atomic mass is 9.90. The summed E-state index contributed by atoms with van der Waals surface area (Å²) in [6.45, 7) is 0. The zero-order valence-electron chi connectivity index (χ0n) is 10.6. The van der Waals surface area contributed by atoms with E-state index in [4.69, 9.17) is 14.8 Å². The molecule has 5 heteroatoms. The van der Waals surface area contributed by atoms with Crippen LogP contribution in [0, 0.1) is 0 Å². The Morgan fingerprint density at radius 1 is 0.765 bits per heavy atom. The fraction of sp³-hybridized carbons (Fsp3) is 1.00. The molecule has 0 heterocycles. The molecule has 0 aromatic carbocycles. The van der Waals surface area contributed by atoms with Crippen molar-refractivity contribution < 1.29 is 14.8 Å². The number of hydrogen-bond acceptors (Lipinski definition) is 4. The van der Waals surface area contributed by atoms with Gasteiger partial charge in [-0.25, -0.2) is 0 Å². The average Bonchev–Trinajstić information content (AvgIpc) is 2.38. The summed E-state index contributed by atoms with van der Waals surface area (Å²) in [7, 11) is -1.67. The van der Waals surface area contributed by atoms with E-state index in [1.807, 2.05) is 5.06 Å². The highest BCUT2D eigenvalue weighted by Crippen LogP contribution is 2.30. The number of hydrogen-bond donors (Lipinski definition) is 2. The van der Waals surface area contributed by atoms with E-state index in [-0.39, 0.29) is 0 Å². The molecule has 98 valence electrons. The Bertz CT molecular complexity index is 198. The molecule has 0 spiro atoms. The van der Waals surface area contributed by atoms with Gasteiger partial charge in [-0.05, 0) is 25.7 Å². The molecular formula is C12H24BNO3. The third-order valence-electron chi connectivity index (χ3n) is 4.09. The van der Waals surface area contributed by atoms with E-state index in [1.54, 1.807) is 0 Å². The highest BCUT2D eigenvalue weighted by molar-refractivity contribution is 6.32. The van der Waals surface area contributed by atoms with Gasteiger partial charge in [0, 0.05) is 12.1 Å². The predicted octanol–water partition coefficient (Wildman–Crippen LogP) is 1.85. The van der Waals surface area contributed by atoms with Gasteiger partial charge in [-0.15, -0.1) is 0 Å². The van der Waals surface area contributed by atoms with E-state index in [0.29, 0.717) is 12.1 Å². The summed E-state index contributed by atoms with van der Waals surface area (Å²) in [5, 5.41) is 20.1. The second-order valence-electron chi connectivity index (χ2n) is 5.38. The van der Waals surface area contributed by atoms with Crippen molar-refractivity contribution in [3.05, 3.63) is 0 Å². The molecular weight excluding hydrogens is 217 g/mol. The number of rotatable bonds is 4. The van der Waals surface area contributed by atoms with Crippen LogP contribution >= 0.6 is 0 Å². The lowest BCUT2D eigenvalue weighted by Gasteiger charge is -2.40. The van der Waals surface area contributed by atoms with Gasteiger partial charge in [0.2, 0.25) is 0 Å². The van der Waals surface area contributed by atoms with Crippen LogP contribution in [0.4, 0.5) is 0 Å². The van der Waals surface area contributed by atoms with Crippen molar-refractivity contribution in [2.75, 3.05) is 0 Å². The van der Waals surface area contributed by atoms with Crippen LogP contribution in [0.15, 0.2) is 0 Å². The van der Waals surface area contributed by atoms with Gasteiger partial charge in [-0.3, -0.25) is 4.76 Å². The van der Waals surface area contributed by atoms with Crippen molar-refractivity contribution >= 4 is 7.32 Å². The van der Waals surface area contributed by atoms with Crippen LogP contribution in [-0.2, 0) is 4.76 Å². The quantitative estimate of drug-likeness (QED) is 0.582. The standard InChI is InChI=1S/C12H24BNO3/c15-13(16)17-14(11-7-3-1-4-8-11)12-9-5-2-6-10-12/h11-12,15-16H,1-10H2. The Labute approximate surface area is 104 Å². The molecule has 0 radical (unpaired) electrons. The van der Waals surface area contributed by atoms with E-state index in [2.05, 4.69) is 0 Å². The molecule has 0 amide bonds. The van der Waals surface area contributed by atoms with Crippen LogP contribution in [-0.4, -0.2) is 34.5 Å². The molecule has 0 unspecified atom stereocenters. The maximum Gasteiger partial charge on any atom is 0.651 e. The first kappa shape index (κ1) is 13.3. The lowest BCUT2D eigenvalue weighted by molar-refractivity contribution is -0.171. The van der Waals surface area contributed by atoms with E-state index in [0.717, 1.165) is 25.7 Å². The van der Waals surface area contributed by atoms with Crippen LogP contribution in [0.3, 0.4) is 0 Å². The smallest absolute Gasteiger partial charge is 0.401 e. The Morgan fingerprint density at radius 3 is 1.53 bits per heavy atom. The fourth-order valence-electron chi connectivity index (χ4n) is 3.25. The summed E-state index contributed by atoms with van der Waals surface area (Å²) in [6.07, 6.45) is 12.1. The van der Waals surface area contributed by atoms with Gasteiger partial charge in [0.15, 0.2) is 0 Å². The summed E-state index contributed by atoms with van der Waals surface area (Å²) >= 11 is 0. The zero-order chi connectivity index (χ0) is 12.1. The minimum atomic E-state index is -1.67. The van der Waals surface area contributed by atoms with E-state index < -0.39 is 7.32 Å². The summed E-state index contributed by atoms with van der Waals surface area (Å²) in [4.78, 5) is 0. The molecule has 2 saturated carbocycles. The second kappa shape index (κ2) is 6.73. The third-order valence-corrected chi connectivity index (χ3v) is 4.09. The monoisotopic (exact) mass is 241 g/mol. The van der Waals surface area contributed by atoms with Crippen LogP contribution < -0.4 is 0 Å². The third kappa shape index (κ3) is 3.95. The lowest BCUT2D eigenvalue weighted by Crippen LogP contribution is -2.48. The van der Waals surface area contributed by atoms with Crippen molar-refractivity contribution in [2.24, 2.45) is 0 Å². The van der Waals surface area contributed by atoms with Gasteiger partial charge >= 0.3 is 7.32 Å². The number of nitrogens with zero attached hydrogens (tertiary/aromatic N) is 1. The average molecular weight is 241 g/mol. The SMILES string of the molecule is OB(O)ON(C1CCCCC1)C1CCCCC1. The summed E-state index contributed by atoms with van der Waals surface area (Å²) in [6, 6.07) is 0.766. The Hall–Kier alpha value is -0.0951. The highest BCUT2D eigenvalue weighted by atomic mass is 16.7. The van der Waals surface area contributed by atoms with E-state index in [9.17, 15) is 0 Å². The molecule has 0 aliphatic heterocycles. The van der Waals surface area contributed by atoms with E-state index >= 15 is 0 Å². The first-order valence-corrected chi connectivity index (χ1v) is 7.08. The topological polar surface area (TPSA) is 52.9 Å². The fourth-order valence-corrected chi connectivity index (χ4v) is 3.25. The summed E-state index contributed by atoms with van der Waals surface area (Å²) in [5.41, 5.74) is 0. The van der Waals surface area contributed by atoms with Gasteiger partial charge in [0.25, 0.3) is 0 Å². The molecule has 0 aromatic rings. The van der Waals surface area contributed by atoms with Gasteiger partial charge in [0.1, 0.15) is 0 Å². The van der Waals surface area contributed by atoms with Crippen molar-refractivity contribution in [2.45, 2.75) is 76.3 Å². The van der Waals surface area contributed by atoms with Crippen molar-refractivity contribution in [1.82, 2.24) is 5.06 Å². The molecule has 4 nitrogen and oxygen atoms in total. The Kier molecular flexibility index (Phi) is 5.28. The van der Waals surface area contributed by atoms with Crippen LogP contribution in [0.2, 0.25) is 0 Å². The first-order valence-electron chi connectivity index (χ1n) is 7.08. The molecule has 2 fully saturated rings. The molecule has 2 rings (SSSR count). The minimum absolute atomic E-state index is 0.383. The maximum absolute atomic E-state index is 9.08. The zero-order valence-corrected chi connectivity index (χ0v) is 10.6. The Balaban J connectivity index is 1.95. The minimum Gasteiger partial charge on any atom is -0.401 e. The van der Waals surface area contributed by atoms with Crippen molar-refractivity contribution in [3.8, 4) is 0 Å². The van der Waals surface area contributed by atoms with Gasteiger partial charge < -0.3 is 10.0 Å². The summed E-state index contributed by atoms with van der Waals surface area (Å²) in [5.74, 6) is 0. The molecule has 0 bridgehead atoms. The second-order valence-corrected chi connectivity index (χ2v) is 5.38. The van der Waals surface area contributed by atoms with Crippen molar-refractivity contribution in [1.29, 1.82) is 0 Å². The maximum atomic E-state index is 9.08. The van der Waals surface area contributed by atoms with E-state index in [1.165, 1.54) is 38.5 Å². The highest BCUT2D eigenvalue weighted by Gasteiger charge is 2.32. The van der Waals surface area contributed by atoms with Crippen LogP contribution in [0.5, 0.6) is 0 Å². The summed E-state index contributed by atoms with van der Waals surface area (Å²) < 4.78 is 5.27. The molecule has 2 aliphatic carbocycles. The van der Waals surface area contributed by atoms with Gasteiger partial charge in [-0.2, -0.15) is 5.06 Å². The number of hydroxylamine groups is 2. The molecule has 0 atom stereocenters. The van der Waals surface area contributed by atoms with Crippen LogP contribution in [0.1, 0.15) is 64.2 Å². The van der Waals surface area contributed by atoms with Gasteiger partial charge in [0.05, 0.1) is 0 Å². The molecule has 0 saturated heterocycles. The van der Waals surface area contributed by atoms with Crippen LogP contribution in [0.25, 0.3) is 0 Å². The van der Waals surface area contributed by atoms with Gasteiger partial charge in [-0.1, -0.05) is 38.5 Å².